The van der Waals surface area contributed by atoms with Gasteiger partial charge in [0.1, 0.15) is 5.75 Å². The zero-order chi connectivity index (χ0) is 11.6. The number of hydrogen-bond acceptors (Lipinski definition) is 4. The maximum atomic E-state index is 11.9. The summed E-state index contributed by atoms with van der Waals surface area (Å²) in [5.74, 6) is -0.676. The van der Waals surface area contributed by atoms with E-state index in [4.69, 9.17) is 10.0 Å². The molecule has 0 aliphatic carbocycles. The first-order valence-electron chi connectivity index (χ1n) is 3.75. The zero-order valence-corrected chi connectivity index (χ0v) is 8.09. The molecule has 0 amide bonds. The van der Waals surface area contributed by atoms with Gasteiger partial charge < -0.3 is 14.8 Å². The Kier molecular flexibility index (Phi) is 3.53. The summed E-state index contributed by atoms with van der Waals surface area (Å²) in [7, 11) is -2.07. The lowest BCUT2D eigenvalue weighted by molar-refractivity contribution is -0.274. The maximum Gasteiger partial charge on any atom is 0.573 e. The summed E-state index contributed by atoms with van der Waals surface area (Å²) in [4.78, 5) is 0.00625. The van der Waals surface area contributed by atoms with E-state index in [0.29, 0.717) is 0 Å². The second kappa shape index (κ2) is 4.34. The monoisotopic (exact) mass is 238 g/mol. The zero-order valence-electron chi connectivity index (χ0n) is 7.19. The largest absolute Gasteiger partial charge is 0.573 e. The molecule has 8 heteroatoms. The molecular formula is C7H6BF3O3S. The molecule has 0 heterocycles. The Bertz CT molecular complexity index is 356. The van der Waals surface area contributed by atoms with E-state index < -0.39 is 24.7 Å². The Balaban J connectivity index is 3.12. The van der Waals surface area contributed by atoms with Gasteiger partial charge >= 0.3 is 13.5 Å². The van der Waals surface area contributed by atoms with Gasteiger partial charge in [-0.05, 0) is 12.1 Å². The van der Waals surface area contributed by atoms with Crippen molar-refractivity contribution in [3.8, 4) is 5.75 Å². The molecule has 82 valence electrons. The lowest BCUT2D eigenvalue weighted by Crippen LogP contribution is -2.34. The molecule has 0 atom stereocenters. The minimum Gasteiger partial charge on any atom is -0.423 e. The van der Waals surface area contributed by atoms with E-state index in [1.807, 2.05) is 0 Å². The number of benzene rings is 1. The fraction of sp³-hybridized carbons (Fsp3) is 0.143. The van der Waals surface area contributed by atoms with Crippen LogP contribution < -0.4 is 10.2 Å². The first-order valence-corrected chi connectivity index (χ1v) is 4.20. The predicted molar refractivity (Wildman–Crippen MR) is 50.2 cm³/mol. The van der Waals surface area contributed by atoms with Crippen LogP contribution >= 0.6 is 12.6 Å². The summed E-state index contributed by atoms with van der Waals surface area (Å²) in [5, 5.41) is 17.7. The lowest BCUT2D eigenvalue weighted by atomic mass is 9.79. The number of alkyl halides is 3. The standard InChI is InChI=1S/C7H6BF3O3S/c9-7(10,11)14-4-2-1-3-5(15)6(4)8(12)13/h1-3,12-13,15H. The number of rotatable bonds is 2. The molecule has 0 aliphatic rings. The highest BCUT2D eigenvalue weighted by atomic mass is 32.1. The molecular weight excluding hydrogens is 232 g/mol. The van der Waals surface area contributed by atoms with E-state index in [1.165, 1.54) is 12.1 Å². The van der Waals surface area contributed by atoms with Gasteiger partial charge in [-0.1, -0.05) is 6.07 Å². The van der Waals surface area contributed by atoms with Gasteiger partial charge in [0.25, 0.3) is 0 Å². The highest BCUT2D eigenvalue weighted by molar-refractivity contribution is 7.80. The fourth-order valence-corrected chi connectivity index (χ4v) is 1.32. The molecule has 0 spiro atoms. The average molecular weight is 238 g/mol. The Morgan fingerprint density at radius 1 is 1.27 bits per heavy atom. The molecule has 2 N–H and O–H groups in total. The van der Waals surface area contributed by atoms with E-state index in [1.54, 1.807) is 0 Å². The molecule has 0 aliphatic heterocycles. The van der Waals surface area contributed by atoms with Gasteiger partial charge in [0.05, 0.1) is 0 Å². The summed E-state index contributed by atoms with van der Waals surface area (Å²) in [6.07, 6.45) is -4.88. The third kappa shape index (κ3) is 3.33. The second-order valence-corrected chi connectivity index (χ2v) is 3.09. The van der Waals surface area contributed by atoms with Crippen LogP contribution in [0.25, 0.3) is 0 Å². The van der Waals surface area contributed by atoms with Crippen LogP contribution in [-0.2, 0) is 0 Å². The summed E-state index contributed by atoms with van der Waals surface area (Å²) in [6, 6.07) is 3.55. The van der Waals surface area contributed by atoms with Crippen LogP contribution in [-0.4, -0.2) is 23.5 Å². The van der Waals surface area contributed by atoms with Crippen molar-refractivity contribution < 1.29 is 28.0 Å². The maximum absolute atomic E-state index is 11.9. The minimum atomic E-state index is -4.88. The molecule has 0 aromatic heterocycles. The summed E-state index contributed by atoms with van der Waals surface area (Å²) >= 11 is 3.79. The normalized spacial score (nSPS) is 11.3. The third-order valence-electron chi connectivity index (χ3n) is 1.53. The summed E-state index contributed by atoms with van der Waals surface area (Å²) < 4.78 is 39.3. The van der Waals surface area contributed by atoms with E-state index in [-0.39, 0.29) is 4.90 Å². The van der Waals surface area contributed by atoms with Gasteiger partial charge in [-0.15, -0.1) is 25.8 Å². The van der Waals surface area contributed by atoms with Crippen molar-refractivity contribution in [3.63, 3.8) is 0 Å². The number of ether oxygens (including phenoxy) is 1. The predicted octanol–water partition coefficient (Wildman–Crippen LogP) is 0.554. The van der Waals surface area contributed by atoms with Gasteiger partial charge in [-0.3, -0.25) is 0 Å². The highest BCUT2D eigenvalue weighted by Crippen LogP contribution is 2.23. The van der Waals surface area contributed by atoms with Crippen molar-refractivity contribution in [2.45, 2.75) is 11.3 Å². The molecule has 1 aromatic rings. The van der Waals surface area contributed by atoms with Gasteiger partial charge in [-0.25, -0.2) is 0 Å². The number of halogens is 3. The van der Waals surface area contributed by atoms with Crippen molar-refractivity contribution in [1.82, 2.24) is 0 Å². The molecule has 15 heavy (non-hydrogen) atoms. The topological polar surface area (TPSA) is 49.7 Å². The van der Waals surface area contributed by atoms with Crippen LogP contribution in [0.15, 0.2) is 23.1 Å². The Morgan fingerprint density at radius 2 is 1.87 bits per heavy atom. The van der Waals surface area contributed by atoms with Crippen LogP contribution in [0, 0.1) is 0 Å². The quantitative estimate of drug-likeness (QED) is 0.521. The second-order valence-electron chi connectivity index (χ2n) is 2.61. The summed E-state index contributed by atoms with van der Waals surface area (Å²) in [6.45, 7) is 0. The average Bonchev–Trinajstić information content (AvgIpc) is 1.99. The van der Waals surface area contributed by atoms with Crippen molar-refractivity contribution >= 4 is 25.2 Å². The third-order valence-corrected chi connectivity index (χ3v) is 1.92. The van der Waals surface area contributed by atoms with Crippen molar-refractivity contribution in [2.24, 2.45) is 0 Å². The van der Waals surface area contributed by atoms with Crippen molar-refractivity contribution in [3.05, 3.63) is 18.2 Å². The number of thiol groups is 1. The Labute approximate surface area is 89.0 Å². The van der Waals surface area contributed by atoms with Crippen LogP contribution in [0.3, 0.4) is 0 Å². The van der Waals surface area contributed by atoms with Crippen molar-refractivity contribution in [2.75, 3.05) is 0 Å². The molecule has 1 aromatic carbocycles. The molecule has 0 unspecified atom stereocenters. The van der Waals surface area contributed by atoms with Gasteiger partial charge in [0.15, 0.2) is 0 Å². The van der Waals surface area contributed by atoms with Crippen LogP contribution in [0.2, 0.25) is 0 Å². The van der Waals surface area contributed by atoms with Gasteiger partial charge in [0, 0.05) is 10.4 Å². The first kappa shape index (κ1) is 12.2. The van der Waals surface area contributed by atoms with E-state index in [0.717, 1.165) is 6.07 Å². The highest BCUT2D eigenvalue weighted by Gasteiger charge is 2.34. The van der Waals surface area contributed by atoms with Gasteiger partial charge in [-0.2, -0.15) is 0 Å². The smallest absolute Gasteiger partial charge is 0.423 e. The molecule has 1 rings (SSSR count). The molecule has 3 nitrogen and oxygen atoms in total. The lowest BCUT2D eigenvalue weighted by Gasteiger charge is -2.13. The fourth-order valence-electron chi connectivity index (χ4n) is 1.01. The van der Waals surface area contributed by atoms with E-state index >= 15 is 0 Å². The van der Waals surface area contributed by atoms with Crippen molar-refractivity contribution in [1.29, 1.82) is 0 Å². The van der Waals surface area contributed by atoms with Crippen LogP contribution in [0.5, 0.6) is 5.75 Å². The Hall–Kier alpha value is -0.855. The van der Waals surface area contributed by atoms with E-state index in [2.05, 4.69) is 17.4 Å². The molecule has 0 radical (unpaired) electrons. The van der Waals surface area contributed by atoms with Crippen LogP contribution in [0.4, 0.5) is 13.2 Å². The molecule has 0 bridgehead atoms. The SMILES string of the molecule is OB(O)c1c(S)cccc1OC(F)(F)F. The van der Waals surface area contributed by atoms with E-state index in [9.17, 15) is 13.2 Å². The van der Waals surface area contributed by atoms with Gasteiger partial charge in [0.2, 0.25) is 0 Å². The number of hydrogen-bond donors (Lipinski definition) is 3. The summed E-state index contributed by atoms with van der Waals surface area (Å²) in [5.41, 5.74) is -0.418. The molecule has 0 saturated carbocycles. The van der Waals surface area contributed by atoms with Crippen LogP contribution in [0.1, 0.15) is 0 Å². The first-order chi connectivity index (χ1) is 6.81. The molecule has 0 saturated heterocycles. The Morgan fingerprint density at radius 3 is 2.33 bits per heavy atom. The minimum absolute atomic E-state index is 0.00625. The molecule has 0 fully saturated rings.